The van der Waals surface area contributed by atoms with Crippen molar-refractivity contribution in [2.75, 3.05) is 29.9 Å². The van der Waals surface area contributed by atoms with Crippen molar-refractivity contribution in [2.24, 2.45) is 5.92 Å². The summed E-state index contributed by atoms with van der Waals surface area (Å²) in [4.78, 5) is 34.3. The minimum absolute atomic E-state index is 0.0188. The third-order valence-electron chi connectivity index (χ3n) is 6.62. The summed E-state index contributed by atoms with van der Waals surface area (Å²) in [5, 5.41) is 10.5. The molecule has 1 aromatic carbocycles. The molecule has 2 aliphatic rings. The number of amides is 1. The lowest BCUT2D eigenvalue weighted by Gasteiger charge is -2.36. The summed E-state index contributed by atoms with van der Waals surface area (Å²) in [5.41, 5.74) is 1.60. The van der Waals surface area contributed by atoms with Crippen LogP contribution in [0.15, 0.2) is 18.2 Å². The number of nitrogens with zero attached hydrogens (tertiary/aromatic N) is 4. The van der Waals surface area contributed by atoms with E-state index in [4.69, 9.17) is 19.9 Å². The van der Waals surface area contributed by atoms with Gasteiger partial charge in [-0.1, -0.05) is 6.07 Å². The molecule has 0 saturated carbocycles. The Labute approximate surface area is 227 Å². The van der Waals surface area contributed by atoms with Gasteiger partial charge in [0.2, 0.25) is 5.91 Å². The number of nitrogens with one attached hydrogen (secondary N) is 1. The van der Waals surface area contributed by atoms with E-state index in [1.54, 1.807) is 11.8 Å². The number of aliphatic carboxylic acids is 1. The van der Waals surface area contributed by atoms with Crippen LogP contribution in [-0.4, -0.2) is 63.7 Å². The van der Waals surface area contributed by atoms with Crippen molar-refractivity contribution < 1.29 is 41.0 Å². The number of rotatable bonds is 5. The number of benzene rings is 1. The minimum atomic E-state index is -5.08. The second-order valence-corrected chi connectivity index (χ2v) is 9.97. The summed E-state index contributed by atoms with van der Waals surface area (Å²) >= 11 is 0. The predicted molar refractivity (Wildman–Crippen MR) is 134 cm³/mol. The number of carbonyl (C=O) groups is 2. The van der Waals surface area contributed by atoms with Gasteiger partial charge in [-0.05, 0) is 38.7 Å². The zero-order chi connectivity index (χ0) is 29.8. The largest absolute Gasteiger partial charge is 0.490 e. The maximum atomic E-state index is 15.1. The molecule has 0 radical (unpaired) electrons. The summed E-state index contributed by atoms with van der Waals surface area (Å²) in [5.74, 6) is -3.24. The fourth-order valence-electron chi connectivity index (χ4n) is 4.56. The summed E-state index contributed by atoms with van der Waals surface area (Å²) in [7, 11) is 0. The van der Waals surface area contributed by atoms with Crippen molar-refractivity contribution in [3.63, 3.8) is 0 Å². The molecule has 2 aromatic rings. The first-order chi connectivity index (χ1) is 18.7. The van der Waals surface area contributed by atoms with Crippen LogP contribution in [-0.2, 0) is 22.6 Å². The van der Waals surface area contributed by atoms with Crippen LogP contribution in [0.3, 0.4) is 0 Å². The Hall–Kier alpha value is -3.58. The number of alkyl halides is 4. The predicted octanol–water partition coefficient (Wildman–Crippen LogP) is 5.04. The Kier molecular flexibility index (Phi) is 9.85. The van der Waals surface area contributed by atoms with E-state index in [-0.39, 0.29) is 23.4 Å². The third kappa shape index (κ3) is 7.75. The van der Waals surface area contributed by atoms with E-state index in [1.807, 2.05) is 13.8 Å². The van der Waals surface area contributed by atoms with E-state index in [1.165, 1.54) is 6.07 Å². The summed E-state index contributed by atoms with van der Waals surface area (Å²) in [6.45, 7) is 7.78. The summed E-state index contributed by atoms with van der Waals surface area (Å²) in [6.07, 6.45) is -4.87. The van der Waals surface area contributed by atoms with Gasteiger partial charge in [-0.3, -0.25) is 4.79 Å². The van der Waals surface area contributed by atoms with Crippen molar-refractivity contribution in [1.82, 2.24) is 14.9 Å². The third-order valence-corrected chi connectivity index (χ3v) is 6.62. The van der Waals surface area contributed by atoms with Crippen LogP contribution >= 0.6 is 0 Å². The molecule has 2 N–H and O–H groups in total. The molecule has 0 spiro atoms. The molecule has 1 aromatic heterocycles. The second-order valence-electron chi connectivity index (χ2n) is 9.97. The minimum Gasteiger partial charge on any atom is -0.475 e. The molecule has 3 heterocycles. The van der Waals surface area contributed by atoms with Gasteiger partial charge in [0.1, 0.15) is 17.8 Å². The van der Waals surface area contributed by atoms with Gasteiger partial charge in [0, 0.05) is 50.7 Å². The average Bonchev–Trinajstić information content (AvgIpc) is 2.87. The molecule has 220 valence electrons. The molecule has 0 unspecified atom stereocenters. The number of piperidine rings is 1. The lowest BCUT2D eigenvalue weighted by atomic mass is 9.88. The zero-order valence-electron chi connectivity index (χ0n) is 22.2. The zero-order valence-corrected chi connectivity index (χ0v) is 22.2. The van der Waals surface area contributed by atoms with Crippen molar-refractivity contribution in [2.45, 2.75) is 65.0 Å². The maximum absolute atomic E-state index is 15.1. The Morgan fingerprint density at radius 2 is 1.70 bits per heavy atom. The van der Waals surface area contributed by atoms with Gasteiger partial charge in [0.05, 0.1) is 17.9 Å². The Balaban J connectivity index is 0.000000559. The Bertz CT molecular complexity index is 1220. The monoisotopic (exact) mass is 575 g/mol. The molecule has 8 nitrogen and oxygen atoms in total. The van der Waals surface area contributed by atoms with Gasteiger partial charge in [-0.2, -0.15) is 13.2 Å². The van der Waals surface area contributed by atoms with Gasteiger partial charge in [-0.15, -0.1) is 0 Å². The van der Waals surface area contributed by atoms with Crippen molar-refractivity contribution in [3.8, 4) is 0 Å². The molecular weight excluding hydrogens is 544 g/mol. The first kappa shape index (κ1) is 31.0. The molecule has 1 saturated heterocycles. The molecule has 1 amide bonds. The van der Waals surface area contributed by atoms with Crippen LogP contribution in [0.4, 0.5) is 38.0 Å². The fourth-order valence-corrected chi connectivity index (χ4v) is 4.56. The SMILES string of the molecule is CC(=O)N1CCc2nc(N3CCC([C@@H](F)c4ccc(F)cc4F)CC3)c(NC(C)C)nc2C1.O=C(O)C(F)(F)F. The topological polar surface area (TPSA) is 98.7 Å². The van der Waals surface area contributed by atoms with Crippen LogP contribution in [0.25, 0.3) is 0 Å². The number of carboxylic acids is 1. The number of carbonyl (C=O) groups excluding carboxylic acids is 1. The number of halogens is 6. The number of anilines is 2. The van der Waals surface area contributed by atoms with Crippen LogP contribution < -0.4 is 10.2 Å². The van der Waals surface area contributed by atoms with E-state index >= 15 is 4.39 Å². The first-order valence-electron chi connectivity index (χ1n) is 12.7. The smallest absolute Gasteiger partial charge is 0.475 e. The van der Waals surface area contributed by atoms with Gasteiger partial charge in [0.25, 0.3) is 0 Å². The second kappa shape index (κ2) is 12.7. The molecule has 1 fully saturated rings. The van der Waals surface area contributed by atoms with Gasteiger partial charge < -0.3 is 20.2 Å². The van der Waals surface area contributed by atoms with Crippen molar-refractivity contribution in [3.05, 3.63) is 46.8 Å². The van der Waals surface area contributed by atoms with Crippen LogP contribution in [0.5, 0.6) is 0 Å². The molecular formula is C26H31F6N5O3. The lowest BCUT2D eigenvalue weighted by Crippen LogP contribution is -2.38. The van der Waals surface area contributed by atoms with E-state index in [9.17, 15) is 26.7 Å². The standard InChI is InChI=1S/C24H30F3N5O.C2HF3O2/c1-14(2)28-23-24(30-20-8-11-32(15(3)33)13-21(20)29-23)31-9-6-16(7-10-31)22(27)18-5-4-17(25)12-19(18)26;3-2(4,5)1(6)7/h4-5,12,14,16,22H,6-11,13H2,1-3H3,(H,28,29);(H,6,7)/t22-;/m1./s1. The number of carboxylic acid groups (broad SMARTS) is 1. The van der Waals surface area contributed by atoms with Gasteiger partial charge >= 0.3 is 12.1 Å². The number of hydrogen-bond donors (Lipinski definition) is 2. The van der Waals surface area contributed by atoms with Crippen LogP contribution in [0.1, 0.15) is 56.7 Å². The highest BCUT2D eigenvalue weighted by Crippen LogP contribution is 2.37. The van der Waals surface area contributed by atoms with Crippen molar-refractivity contribution in [1.29, 1.82) is 0 Å². The Morgan fingerprint density at radius 3 is 2.23 bits per heavy atom. The van der Waals surface area contributed by atoms with E-state index in [0.29, 0.717) is 51.3 Å². The van der Waals surface area contributed by atoms with Crippen LogP contribution in [0, 0.1) is 17.6 Å². The van der Waals surface area contributed by atoms with Gasteiger partial charge in [-0.25, -0.2) is 27.9 Å². The number of fused-ring (bicyclic) bond motifs is 1. The van der Waals surface area contributed by atoms with Crippen molar-refractivity contribution >= 4 is 23.5 Å². The highest BCUT2D eigenvalue weighted by Gasteiger charge is 2.38. The lowest BCUT2D eigenvalue weighted by molar-refractivity contribution is -0.192. The number of hydrogen-bond acceptors (Lipinski definition) is 6. The molecule has 2 aliphatic heterocycles. The molecule has 0 bridgehead atoms. The van der Waals surface area contributed by atoms with E-state index in [2.05, 4.69) is 10.2 Å². The Morgan fingerprint density at radius 1 is 1.07 bits per heavy atom. The molecule has 4 rings (SSSR count). The van der Waals surface area contributed by atoms with Gasteiger partial charge in [0.15, 0.2) is 11.6 Å². The van der Waals surface area contributed by atoms with E-state index in [0.717, 1.165) is 29.3 Å². The summed E-state index contributed by atoms with van der Waals surface area (Å²) in [6, 6.07) is 3.17. The van der Waals surface area contributed by atoms with Crippen LogP contribution in [0.2, 0.25) is 0 Å². The maximum Gasteiger partial charge on any atom is 0.490 e. The molecule has 14 heteroatoms. The van der Waals surface area contributed by atoms with E-state index < -0.39 is 30.0 Å². The first-order valence-corrected chi connectivity index (χ1v) is 12.7. The quantitative estimate of drug-likeness (QED) is 0.482. The molecule has 40 heavy (non-hydrogen) atoms. The number of aromatic nitrogens is 2. The highest BCUT2D eigenvalue weighted by molar-refractivity contribution is 5.74. The normalized spacial score (nSPS) is 16.6. The fraction of sp³-hybridized carbons (Fsp3) is 0.538. The summed E-state index contributed by atoms with van der Waals surface area (Å²) < 4.78 is 74.1. The average molecular weight is 576 g/mol. The molecule has 1 atom stereocenters. The highest BCUT2D eigenvalue weighted by atomic mass is 19.4. The molecule has 0 aliphatic carbocycles.